The highest BCUT2D eigenvalue weighted by molar-refractivity contribution is 6.12. The molecule has 0 saturated heterocycles. The summed E-state index contributed by atoms with van der Waals surface area (Å²) in [6.07, 6.45) is 1.66. The second-order valence-electron chi connectivity index (χ2n) is 7.01. The van der Waals surface area contributed by atoms with Gasteiger partial charge in [0.25, 0.3) is 5.69 Å². The maximum Gasteiger partial charge on any atom is 0.363 e. The minimum absolute atomic E-state index is 0.0339. The lowest BCUT2D eigenvalue weighted by Gasteiger charge is -2.18. The molecule has 132 valence electrons. The maximum absolute atomic E-state index is 12.1. The van der Waals surface area contributed by atoms with Crippen LogP contribution in [0.5, 0.6) is 0 Å². The van der Waals surface area contributed by atoms with Gasteiger partial charge in [0, 0.05) is 17.7 Å². The molecule has 1 aliphatic heterocycles. The molecule has 2 aromatic carbocycles. The van der Waals surface area contributed by atoms with Crippen LogP contribution >= 0.6 is 0 Å². The summed E-state index contributed by atoms with van der Waals surface area (Å²) in [7, 11) is 0. The molecule has 0 atom stereocenters. The van der Waals surface area contributed by atoms with Crippen molar-refractivity contribution < 1.29 is 14.5 Å². The van der Waals surface area contributed by atoms with Crippen LogP contribution in [0, 0.1) is 10.1 Å². The molecule has 0 radical (unpaired) electrons. The summed E-state index contributed by atoms with van der Waals surface area (Å²) < 4.78 is 5.18. The Morgan fingerprint density at radius 1 is 1.04 bits per heavy atom. The number of non-ortho nitro benzene ring substituents is 1. The predicted octanol–water partition coefficient (Wildman–Crippen LogP) is 4.24. The Morgan fingerprint density at radius 3 is 2.19 bits per heavy atom. The SMILES string of the molecule is CC(C)(C)c1ccc(/C=C2/N=C(c3ccc([N+](=O)[O-])cc3)OC2=O)cc1. The molecule has 6 heteroatoms. The number of nitro groups is 1. The lowest BCUT2D eigenvalue weighted by molar-refractivity contribution is -0.384. The first kappa shape index (κ1) is 17.5. The van der Waals surface area contributed by atoms with Gasteiger partial charge in [0.05, 0.1) is 4.92 Å². The lowest BCUT2D eigenvalue weighted by Crippen LogP contribution is -2.10. The van der Waals surface area contributed by atoms with E-state index >= 15 is 0 Å². The predicted molar refractivity (Wildman–Crippen MR) is 98.8 cm³/mol. The van der Waals surface area contributed by atoms with Crippen LogP contribution in [-0.4, -0.2) is 16.8 Å². The fourth-order valence-corrected chi connectivity index (χ4v) is 2.50. The van der Waals surface area contributed by atoms with Gasteiger partial charge in [0.2, 0.25) is 5.90 Å². The third-order valence-electron chi connectivity index (χ3n) is 4.03. The quantitative estimate of drug-likeness (QED) is 0.359. The van der Waals surface area contributed by atoms with Gasteiger partial charge in [-0.25, -0.2) is 9.79 Å². The summed E-state index contributed by atoms with van der Waals surface area (Å²) in [6.45, 7) is 6.40. The molecule has 3 rings (SSSR count). The van der Waals surface area contributed by atoms with Crippen molar-refractivity contribution in [2.75, 3.05) is 0 Å². The van der Waals surface area contributed by atoms with Gasteiger partial charge in [-0.3, -0.25) is 10.1 Å². The van der Waals surface area contributed by atoms with Gasteiger partial charge in [-0.2, -0.15) is 0 Å². The van der Waals surface area contributed by atoms with E-state index in [0.29, 0.717) is 5.56 Å². The number of rotatable bonds is 3. The minimum Gasteiger partial charge on any atom is -0.402 e. The van der Waals surface area contributed by atoms with Crippen molar-refractivity contribution >= 4 is 23.6 Å². The van der Waals surface area contributed by atoms with Crippen LogP contribution in [0.3, 0.4) is 0 Å². The fourth-order valence-electron chi connectivity index (χ4n) is 2.50. The summed E-state index contributed by atoms with van der Waals surface area (Å²) in [5, 5.41) is 10.7. The van der Waals surface area contributed by atoms with Crippen molar-refractivity contribution in [2.45, 2.75) is 26.2 Å². The average Bonchev–Trinajstić information content (AvgIpc) is 2.95. The van der Waals surface area contributed by atoms with Crippen LogP contribution in [0.2, 0.25) is 0 Å². The number of aliphatic imine (C=N–C) groups is 1. The summed E-state index contributed by atoms with van der Waals surface area (Å²) in [5.41, 5.74) is 2.77. The van der Waals surface area contributed by atoms with Crippen molar-refractivity contribution in [1.82, 2.24) is 0 Å². The number of carbonyl (C=O) groups excluding carboxylic acids is 1. The molecule has 2 aromatic rings. The molecule has 1 aliphatic rings. The maximum atomic E-state index is 12.1. The summed E-state index contributed by atoms with van der Waals surface area (Å²) in [4.78, 5) is 26.5. The number of ether oxygens (including phenoxy) is 1. The van der Waals surface area contributed by atoms with Gasteiger partial charge in [-0.05, 0) is 34.8 Å². The first-order valence-corrected chi connectivity index (χ1v) is 8.12. The Kier molecular flexibility index (Phi) is 4.42. The molecule has 0 unspecified atom stereocenters. The molecule has 6 nitrogen and oxygen atoms in total. The first-order chi connectivity index (χ1) is 12.2. The van der Waals surface area contributed by atoms with Gasteiger partial charge in [-0.1, -0.05) is 45.0 Å². The molecule has 1 heterocycles. The average molecular weight is 350 g/mol. The largest absolute Gasteiger partial charge is 0.402 e. The van der Waals surface area contributed by atoms with E-state index < -0.39 is 10.9 Å². The molecule has 0 aromatic heterocycles. The smallest absolute Gasteiger partial charge is 0.363 e. The van der Waals surface area contributed by atoms with Crippen LogP contribution in [0.15, 0.2) is 59.2 Å². The summed E-state index contributed by atoms with van der Waals surface area (Å²) in [5.74, 6) is -0.402. The summed E-state index contributed by atoms with van der Waals surface area (Å²) in [6, 6.07) is 13.6. The second-order valence-corrected chi connectivity index (χ2v) is 7.01. The molecular weight excluding hydrogens is 332 g/mol. The Bertz CT molecular complexity index is 918. The van der Waals surface area contributed by atoms with E-state index in [9.17, 15) is 14.9 Å². The highest BCUT2D eigenvalue weighted by Gasteiger charge is 2.24. The van der Waals surface area contributed by atoms with Crippen molar-refractivity contribution in [3.05, 3.63) is 81.0 Å². The zero-order valence-corrected chi connectivity index (χ0v) is 14.7. The Hall–Kier alpha value is -3.28. The third kappa shape index (κ3) is 3.69. The van der Waals surface area contributed by atoms with Crippen LogP contribution in [0.4, 0.5) is 5.69 Å². The molecule has 0 spiro atoms. The van der Waals surface area contributed by atoms with Gasteiger partial charge < -0.3 is 4.74 Å². The summed E-state index contributed by atoms with van der Waals surface area (Å²) >= 11 is 0. The standard InChI is InChI=1S/C20H18N2O4/c1-20(2,3)15-8-4-13(5-9-15)12-17-19(23)26-18(21-17)14-6-10-16(11-7-14)22(24)25/h4-12H,1-3H3/b17-12+. The van der Waals surface area contributed by atoms with Gasteiger partial charge in [0.1, 0.15) is 0 Å². The number of esters is 1. The monoisotopic (exact) mass is 350 g/mol. The van der Waals surface area contributed by atoms with Crippen LogP contribution in [-0.2, 0) is 14.9 Å². The molecule has 0 N–H and O–H groups in total. The normalized spacial score (nSPS) is 15.7. The number of carbonyl (C=O) groups is 1. The molecule has 0 saturated carbocycles. The first-order valence-electron chi connectivity index (χ1n) is 8.12. The van der Waals surface area contributed by atoms with Gasteiger partial charge in [0.15, 0.2) is 5.70 Å². The highest BCUT2D eigenvalue weighted by atomic mass is 16.6. The van der Waals surface area contributed by atoms with Crippen molar-refractivity contribution in [3.63, 3.8) is 0 Å². The van der Waals surface area contributed by atoms with Gasteiger partial charge in [-0.15, -0.1) is 0 Å². The molecule has 0 amide bonds. The fraction of sp³-hybridized carbons (Fsp3) is 0.200. The number of benzene rings is 2. The Balaban J connectivity index is 1.85. The highest BCUT2D eigenvalue weighted by Crippen LogP contribution is 2.24. The van der Waals surface area contributed by atoms with E-state index in [1.54, 1.807) is 6.08 Å². The minimum atomic E-state index is -0.543. The molecule has 0 aliphatic carbocycles. The van der Waals surface area contributed by atoms with Crippen molar-refractivity contribution in [2.24, 2.45) is 4.99 Å². The number of nitro benzene ring substituents is 1. The van der Waals surface area contributed by atoms with Crippen LogP contribution in [0.1, 0.15) is 37.5 Å². The lowest BCUT2D eigenvalue weighted by atomic mass is 9.87. The van der Waals surface area contributed by atoms with E-state index in [4.69, 9.17) is 4.74 Å². The van der Waals surface area contributed by atoms with Crippen molar-refractivity contribution in [1.29, 1.82) is 0 Å². The number of hydrogen-bond donors (Lipinski definition) is 0. The van der Waals surface area contributed by atoms with E-state index in [1.807, 2.05) is 24.3 Å². The Labute approximate surface area is 151 Å². The molecule has 26 heavy (non-hydrogen) atoms. The van der Waals surface area contributed by atoms with Gasteiger partial charge >= 0.3 is 5.97 Å². The third-order valence-corrected chi connectivity index (χ3v) is 4.03. The molecule has 0 fully saturated rings. The second kappa shape index (κ2) is 6.55. The van der Waals surface area contributed by atoms with E-state index in [1.165, 1.54) is 29.8 Å². The Morgan fingerprint density at radius 2 is 1.65 bits per heavy atom. The topological polar surface area (TPSA) is 81.8 Å². The number of cyclic esters (lactones) is 1. The molecular formula is C20H18N2O4. The van der Waals surface area contributed by atoms with Crippen LogP contribution < -0.4 is 0 Å². The number of nitrogens with zero attached hydrogens (tertiary/aromatic N) is 2. The zero-order valence-electron chi connectivity index (χ0n) is 14.7. The van der Waals surface area contributed by atoms with Crippen LogP contribution in [0.25, 0.3) is 6.08 Å². The van der Waals surface area contributed by atoms with E-state index in [0.717, 1.165) is 5.56 Å². The number of hydrogen-bond acceptors (Lipinski definition) is 5. The van der Waals surface area contributed by atoms with Crippen molar-refractivity contribution in [3.8, 4) is 0 Å². The van der Waals surface area contributed by atoms with E-state index in [2.05, 4.69) is 25.8 Å². The zero-order chi connectivity index (χ0) is 18.9. The van der Waals surface area contributed by atoms with E-state index in [-0.39, 0.29) is 22.7 Å². The molecule has 0 bridgehead atoms.